The minimum Gasteiger partial charge on any atom is -0.447 e. The normalized spacial score (nSPS) is 17.3. The van der Waals surface area contributed by atoms with Gasteiger partial charge in [0.25, 0.3) is 5.91 Å². The van der Waals surface area contributed by atoms with Gasteiger partial charge in [-0.25, -0.2) is 9.69 Å². The van der Waals surface area contributed by atoms with Gasteiger partial charge in [-0.05, 0) is 30.5 Å². The topological polar surface area (TPSA) is 46.6 Å². The van der Waals surface area contributed by atoms with Gasteiger partial charge >= 0.3 is 6.09 Å². The number of nitrogens with zero attached hydrogens (tertiary/aromatic N) is 1. The molecule has 0 bridgehead atoms. The fourth-order valence-corrected chi connectivity index (χ4v) is 2.79. The number of cyclic esters (lactones) is 1. The zero-order chi connectivity index (χ0) is 16.9. The minimum absolute atomic E-state index is 0.234. The molecule has 24 heavy (non-hydrogen) atoms. The highest BCUT2D eigenvalue weighted by atomic mass is 16.6. The van der Waals surface area contributed by atoms with E-state index in [1.165, 1.54) is 11.0 Å². The van der Waals surface area contributed by atoms with Crippen LogP contribution in [-0.2, 0) is 16.0 Å². The summed E-state index contributed by atoms with van der Waals surface area (Å²) in [6.07, 6.45) is 3.17. The Kier molecular flexibility index (Phi) is 4.75. The van der Waals surface area contributed by atoms with Gasteiger partial charge in [0.15, 0.2) is 0 Å². The molecule has 0 aliphatic carbocycles. The number of rotatable bonds is 4. The third kappa shape index (κ3) is 3.71. The molecule has 4 nitrogen and oxygen atoms in total. The van der Waals surface area contributed by atoms with E-state index in [9.17, 15) is 9.59 Å². The molecule has 122 valence electrons. The van der Waals surface area contributed by atoms with Crippen molar-refractivity contribution in [3.63, 3.8) is 0 Å². The van der Waals surface area contributed by atoms with E-state index in [1.807, 2.05) is 61.5 Å². The van der Waals surface area contributed by atoms with Gasteiger partial charge in [-0.1, -0.05) is 60.2 Å². The number of imide groups is 1. The van der Waals surface area contributed by atoms with Crippen LogP contribution in [0.3, 0.4) is 0 Å². The van der Waals surface area contributed by atoms with Crippen LogP contribution in [0.25, 0.3) is 6.08 Å². The molecule has 4 heteroatoms. The van der Waals surface area contributed by atoms with Crippen molar-refractivity contribution in [2.24, 2.45) is 0 Å². The van der Waals surface area contributed by atoms with E-state index in [0.717, 1.165) is 16.7 Å². The molecular formula is C20H19NO3. The number of hydrogen-bond acceptors (Lipinski definition) is 3. The summed E-state index contributed by atoms with van der Waals surface area (Å²) in [7, 11) is 0. The van der Waals surface area contributed by atoms with Crippen LogP contribution in [0, 0.1) is 6.92 Å². The largest absolute Gasteiger partial charge is 0.447 e. The standard InChI is InChI=1S/C20H19NO3/c1-15-6-5-9-17(12-15)10-11-19(22)21-18(14-24-20(21)23)13-16-7-3-2-4-8-16/h2-12,18H,13-14H2,1H3/b11-10+/t18-/m0/s1. The average Bonchev–Trinajstić information content (AvgIpc) is 2.94. The van der Waals surface area contributed by atoms with E-state index in [2.05, 4.69) is 0 Å². The lowest BCUT2D eigenvalue weighted by atomic mass is 10.1. The fourth-order valence-electron chi connectivity index (χ4n) is 2.79. The Balaban J connectivity index is 1.72. The van der Waals surface area contributed by atoms with Gasteiger partial charge in [0.2, 0.25) is 0 Å². The molecule has 3 rings (SSSR count). The summed E-state index contributed by atoms with van der Waals surface area (Å²) in [6.45, 7) is 2.23. The van der Waals surface area contributed by atoms with Gasteiger partial charge in [0.1, 0.15) is 6.61 Å². The average molecular weight is 321 g/mol. The predicted octanol–water partition coefficient (Wildman–Crippen LogP) is 3.60. The van der Waals surface area contributed by atoms with E-state index in [4.69, 9.17) is 4.74 Å². The Labute approximate surface area is 141 Å². The van der Waals surface area contributed by atoms with Crippen LogP contribution in [0.2, 0.25) is 0 Å². The lowest BCUT2D eigenvalue weighted by Gasteiger charge is -2.18. The Morgan fingerprint density at radius 2 is 2.00 bits per heavy atom. The van der Waals surface area contributed by atoms with Crippen LogP contribution in [0.1, 0.15) is 16.7 Å². The Morgan fingerprint density at radius 3 is 2.75 bits per heavy atom. The van der Waals surface area contributed by atoms with E-state index in [0.29, 0.717) is 6.42 Å². The molecule has 1 fully saturated rings. The third-order valence-electron chi connectivity index (χ3n) is 3.97. The lowest BCUT2D eigenvalue weighted by Crippen LogP contribution is -2.39. The smallest absolute Gasteiger partial charge is 0.417 e. The van der Waals surface area contributed by atoms with Gasteiger partial charge < -0.3 is 4.74 Å². The molecule has 2 aromatic rings. The Bertz CT molecular complexity index is 767. The lowest BCUT2D eigenvalue weighted by molar-refractivity contribution is -0.124. The zero-order valence-corrected chi connectivity index (χ0v) is 13.5. The monoisotopic (exact) mass is 321 g/mol. The second-order valence-corrected chi connectivity index (χ2v) is 5.88. The zero-order valence-electron chi connectivity index (χ0n) is 13.5. The van der Waals surface area contributed by atoms with Crippen molar-refractivity contribution in [1.29, 1.82) is 0 Å². The van der Waals surface area contributed by atoms with Crippen molar-refractivity contribution in [2.45, 2.75) is 19.4 Å². The Hall–Kier alpha value is -2.88. The summed E-state index contributed by atoms with van der Waals surface area (Å²) in [6, 6.07) is 17.3. The molecule has 2 amide bonds. The van der Waals surface area contributed by atoms with Gasteiger partial charge in [-0.15, -0.1) is 0 Å². The molecule has 1 aliphatic heterocycles. The summed E-state index contributed by atoms with van der Waals surface area (Å²) >= 11 is 0. The van der Waals surface area contributed by atoms with Crippen LogP contribution >= 0.6 is 0 Å². The number of carbonyl (C=O) groups is 2. The summed E-state index contributed by atoms with van der Waals surface area (Å²) in [4.78, 5) is 25.6. The minimum atomic E-state index is -0.574. The van der Waals surface area contributed by atoms with E-state index in [-0.39, 0.29) is 18.6 Å². The van der Waals surface area contributed by atoms with Crippen molar-refractivity contribution >= 4 is 18.1 Å². The van der Waals surface area contributed by atoms with Crippen molar-refractivity contribution < 1.29 is 14.3 Å². The highest BCUT2D eigenvalue weighted by Crippen LogP contribution is 2.18. The molecule has 0 N–H and O–H groups in total. The molecule has 1 saturated heterocycles. The van der Waals surface area contributed by atoms with Crippen LogP contribution in [0.15, 0.2) is 60.7 Å². The number of benzene rings is 2. The molecule has 1 heterocycles. The first-order valence-electron chi connectivity index (χ1n) is 7.92. The van der Waals surface area contributed by atoms with Crippen LogP contribution in [0.5, 0.6) is 0 Å². The number of aryl methyl sites for hydroxylation is 1. The molecule has 0 radical (unpaired) electrons. The molecule has 0 saturated carbocycles. The first-order valence-corrected chi connectivity index (χ1v) is 7.92. The van der Waals surface area contributed by atoms with E-state index in [1.54, 1.807) is 6.08 Å². The third-order valence-corrected chi connectivity index (χ3v) is 3.97. The number of ether oxygens (including phenoxy) is 1. The molecule has 2 aromatic carbocycles. The summed E-state index contributed by atoms with van der Waals surface area (Å²) < 4.78 is 5.07. The quantitative estimate of drug-likeness (QED) is 0.808. The first-order chi connectivity index (χ1) is 11.6. The van der Waals surface area contributed by atoms with Crippen molar-refractivity contribution in [2.75, 3.05) is 6.61 Å². The first kappa shape index (κ1) is 16.0. The van der Waals surface area contributed by atoms with Crippen molar-refractivity contribution in [3.05, 3.63) is 77.4 Å². The number of hydrogen-bond donors (Lipinski definition) is 0. The predicted molar refractivity (Wildman–Crippen MR) is 92.3 cm³/mol. The molecule has 0 aromatic heterocycles. The molecular weight excluding hydrogens is 302 g/mol. The summed E-state index contributed by atoms with van der Waals surface area (Å²) in [5, 5.41) is 0. The van der Waals surface area contributed by atoms with Gasteiger partial charge in [0.05, 0.1) is 6.04 Å². The van der Waals surface area contributed by atoms with E-state index >= 15 is 0 Å². The molecule has 0 spiro atoms. The molecule has 0 unspecified atom stereocenters. The maximum atomic E-state index is 12.5. The maximum Gasteiger partial charge on any atom is 0.417 e. The second kappa shape index (κ2) is 7.13. The molecule has 1 atom stereocenters. The van der Waals surface area contributed by atoms with Gasteiger partial charge in [-0.3, -0.25) is 4.79 Å². The van der Waals surface area contributed by atoms with Gasteiger partial charge in [0, 0.05) is 6.08 Å². The number of carbonyl (C=O) groups excluding carboxylic acids is 2. The summed E-state index contributed by atoms with van der Waals surface area (Å²) in [5.74, 6) is -0.347. The van der Waals surface area contributed by atoms with Gasteiger partial charge in [-0.2, -0.15) is 0 Å². The highest BCUT2D eigenvalue weighted by Gasteiger charge is 2.36. The van der Waals surface area contributed by atoms with E-state index < -0.39 is 6.09 Å². The van der Waals surface area contributed by atoms with Crippen molar-refractivity contribution in [1.82, 2.24) is 4.90 Å². The Morgan fingerprint density at radius 1 is 1.21 bits per heavy atom. The second-order valence-electron chi connectivity index (χ2n) is 5.88. The number of amides is 2. The maximum absolute atomic E-state index is 12.5. The molecule has 1 aliphatic rings. The summed E-state index contributed by atoms with van der Waals surface area (Å²) in [5.41, 5.74) is 3.11. The fraction of sp³-hybridized carbons (Fsp3) is 0.200. The van der Waals surface area contributed by atoms with Crippen LogP contribution in [0.4, 0.5) is 4.79 Å². The van der Waals surface area contributed by atoms with Crippen LogP contribution < -0.4 is 0 Å². The SMILES string of the molecule is Cc1cccc(/C=C/C(=O)N2C(=O)OC[C@@H]2Cc2ccccc2)c1. The van der Waals surface area contributed by atoms with Crippen LogP contribution in [-0.4, -0.2) is 29.5 Å². The van der Waals surface area contributed by atoms with Crippen molar-refractivity contribution in [3.8, 4) is 0 Å². The highest BCUT2D eigenvalue weighted by molar-refractivity contribution is 6.02.